The molecule has 20 heteroatoms. The maximum Gasteiger partial charge on any atom is 0.336 e. The zero-order valence-corrected chi connectivity index (χ0v) is 47.2. The fourth-order valence-corrected chi connectivity index (χ4v) is 10.1. The number of aromatic hydroxyl groups is 3. The molecule has 5 heterocycles. The summed E-state index contributed by atoms with van der Waals surface area (Å²) >= 11 is 0. The second-order valence-corrected chi connectivity index (χ2v) is 21.1. The first-order valence-corrected chi connectivity index (χ1v) is 26.7. The number of nitrogens with zero attached hydrogens (tertiary/aromatic N) is 3. The van der Waals surface area contributed by atoms with Crippen LogP contribution < -0.4 is 21.0 Å². The Morgan fingerprint density at radius 2 is 1.61 bits per heavy atom. The largest absolute Gasteiger partial charge is 0.507 e. The number of ketones is 1. The topological polar surface area (TPSA) is 279 Å². The number of phenols is 3. The van der Waals surface area contributed by atoms with Crippen molar-refractivity contribution in [2.24, 2.45) is 28.8 Å². The van der Waals surface area contributed by atoms with Crippen molar-refractivity contribution in [3.63, 3.8) is 0 Å². The van der Waals surface area contributed by atoms with Crippen molar-refractivity contribution < 1.29 is 68.1 Å². The number of carbonyl (C=O) groups is 4. The van der Waals surface area contributed by atoms with Crippen LogP contribution in [0.3, 0.4) is 0 Å². The van der Waals surface area contributed by atoms with Gasteiger partial charge in [0.25, 0.3) is 11.7 Å². The first kappa shape index (κ1) is 61.0. The summed E-state index contributed by atoms with van der Waals surface area (Å²) in [6, 6.07) is 6.84. The molecule has 4 aliphatic rings. The Hall–Kier alpha value is -7.26. The molecule has 4 aliphatic heterocycles. The van der Waals surface area contributed by atoms with Crippen LogP contribution in [0.5, 0.6) is 23.0 Å². The number of nitrogens with one attached hydrogen (secondary N) is 2. The van der Waals surface area contributed by atoms with Gasteiger partial charge in [0.2, 0.25) is 5.91 Å². The molecule has 7 N–H and O–H groups in total. The van der Waals surface area contributed by atoms with Crippen LogP contribution >= 0.6 is 0 Å². The number of hydrazone groups is 1. The Balaban J connectivity index is 0.000000421. The molecule has 0 saturated carbocycles. The highest BCUT2D eigenvalue weighted by Gasteiger charge is 2.50. The van der Waals surface area contributed by atoms with E-state index in [4.69, 9.17) is 23.4 Å². The maximum atomic E-state index is 14.4. The minimum Gasteiger partial charge on any atom is -0.507 e. The van der Waals surface area contributed by atoms with Gasteiger partial charge in [-0.05, 0) is 58.0 Å². The van der Waals surface area contributed by atoms with E-state index in [1.54, 1.807) is 50.9 Å². The van der Waals surface area contributed by atoms with Crippen LogP contribution in [-0.4, -0.2) is 136 Å². The van der Waals surface area contributed by atoms with Crippen LogP contribution in [0.4, 0.5) is 11.4 Å². The molecule has 0 radical (unpaired) electrons. The highest BCUT2D eigenvalue weighted by Crippen LogP contribution is 2.55. The minimum absolute atomic E-state index is 0.00667. The number of benzene rings is 3. The van der Waals surface area contributed by atoms with Crippen LogP contribution in [0.2, 0.25) is 0 Å². The van der Waals surface area contributed by atoms with E-state index in [0.717, 1.165) is 43.3 Å². The quantitative estimate of drug-likeness (QED) is 0.0209. The van der Waals surface area contributed by atoms with Crippen molar-refractivity contribution in [2.75, 3.05) is 51.0 Å². The molecule has 79 heavy (non-hydrogen) atoms. The van der Waals surface area contributed by atoms with E-state index >= 15 is 0 Å². The highest BCUT2D eigenvalue weighted by molar-refractivity contribution is 6.24. The van der Waals surface area contributed by atoms with Gasteiger partial charge in [0.05, 0.1) is 53.0 Å². The monoisotopic (exact) mass is 1100 g/mol. The molecule has 1 fully saturated rings. The lowest BCUT2D eigenvalue weighted by molar-refractivity contribution is -0.160. The number of rotatable bonds is 9. The summed E-state index contributed by atoms with van der Waals surface area (Å²) in [5.74, 6) is -8.35. The normalized spacial score (nSPS) is 26.7. The number of aliphatic hydroxyl groups is 2. The number of likely N-dealkylation sites (N-methyl/N-ethyl adjacent to an activating group) is 1. The summed E-state index contributed by atoms with van der Waals surface area (Å²) in [5.41, 5.74) is 1.31. The lowest BCUT2D eigenvalue weighted by Gasteiger charge is -2.38. The number of carbonyl (C=O) groups excluding carboxylic acids is 4. The fraction of sp³-hybridized carbons (Fsp3) is 0.492. The molecule has 0 unspecified atom stereocenters. The van der Waals surface area contributed by atoms with E-state index in [1.165, 1.54) is 65.5 Å². The van der Waals surface area contributed by atoms with Crippen molar-refractivity contribution in [1.82, 2.24) is 9.91 Å². The van der Waals surface area contributed by atoms with Crippen LogP contribution in [0.25, 0.3) is 21.7 Å². The van der Waals surface area contributed by atoms with E-state index < -0.39 is 88.8 Å². The van der Waals surface area contributed by atoms with Crippen LogP contribution in [0.15, 0.2) is 74.7 Å². The molecule has 0 spiro atoms. The average Bonchev–Trinajstić information content (AvgIpc) is 3.31. The number of Topliss-reactive ketones (excluding diaryl/α,β-unsaturated/α-hetero) is 1. The number of esters is 1. The molecule has 5 bridgehead atoms. The molecule has 20 nitrogen and oxygen atoms in total. The predicted molar refractivity (Wildman–Crippen MR) is 300 cm³/mol. The molecule has 1 saturated heterocycles. The van der Waals surface area contributed by atoms with Crippen molar-refractivity contribution in [2.45, 2.75) is 125 Å². The lowest BCUT2D eigenvalue weighted by Crippen LogP contribution is -2.46. The Kier molecular flexibility index (Phi) is 20.2. The SMILES string of the molecule is CCCCCC(=O)Nc1ccc2c(C)cc(=O)oc2c1.CO[C@H]1/C=C/O[C@@]2(C)Oc3c(C)c(O)c4c(O)c(c(/C=N/N5CCN(C)CC5)c(O)c4c3C2=O)NC(=O)/C(C)=C\C=C\[C@H](C)[C@H](O)[C@@H](C)[C@@H](O)[C@@H](C)[C@H](OC(C)=O)[C@@H]1C. The van der Waals surface area contributed by atoms with Gasteiger partial charge in [-0.2, -0.15) is 5.10 Å². The fourth-order valence-electron chi connectivity index (χ4n) is 10.1. The first-order chi connectivity index (χ1) is 37.3. The number of aliphatic hydroxyl groups excluding tert-OH is 2. The van der Waals surface area contributed by atoms with Crippen molar-refractivity contribution >= 4 is 62.9 Å². The minimum atomic E-state index is -2.04. The molecule has 2 amide bonds. The lowest BCUT2D eigenvalue weighted by atomic mass is 9.78. The summed E-state index contributed by atoms with van der Waals surface area (Å²) in [5, 5.41) is 70.6. The second-order valence-electron chi connectivity index (χ2n) is 21.1. The van der Waals surface area contributed by atoms with Gasteiger partial charge >= 0.3 is 17.4 Å². The van der Waals surface area contributed by atoms with E-state index in [2.05, 4.69) is 27.6 Å². The number of phenolic OH excluding ortho intramolecular Hbond substituents is 3. The molecular formula is C59H77N5O15. The zero-order valence-electron chi connectivity index (χ0n) is 47.2. The predicted octanol–water partition coefficient (Wildman–Crippen LogP) is 7.96. The van der Waals surface area contributed by atoms with Crippen LogP contribution in [0, 0.1) is 37.5 Å². The summed E-state index contributed by atoms with van der Waals surface area (Å²) in [6.45, 7) is 19.1. The van der Waals surface area contributed by atoms with Gasteiger partial charge in [0.1, 0.15) is 28.9 Å². The summed E-state index contributed by atoms with van der Waals surface area (Å²) in [6.07, 6.45) is 8.42. The summed E-state index contributed by atoms with van der Waals surface area (Å²) in [7, 11) is 3.42. The maximum absolute atomic E-state index is 14.4. The number of allylic oxidation sites excluding steroid dienone is 2. The van der Waals surface area contributed by atoms with Gasteiger partial charge in [-0.3, -0.25) is 24.2 Å². The number of amides is 2. The number of ether oxygens (including phenoxy) is 4. The van der Waals surface area contributed by atoms with E-state index in [1.807, 2.05) is 26.1 Å². The zero-order chi connectivity index (χ0) is 58.2. The third-order valence-corrected chi connectivity index (χ3v) is 15.1. The third kappa shape index (κ3) is 13.8. The number of piperazine rings is 1. The van der Waals surface area contributed by atoms with Crippen LogP contribution in [-0.2, 0) is 28.6 Å². The average molecular weight is 1100 g/mol. The number of aryl methyl sites for hydroxylation is 1. The van der Waals surface area contributed by atoms with Gasteiger partial charge in [-0.1, -0.05) is 65.7 Å². The van der Waals surface area contributed by atoms with Gasteiger partial charge in [-0.25, -0.2) is 4.79 Å². The molecule has 4 aromatic rings. The molecule has 8 rings (SSSR count). The summed E-state index contributed by atoms with van der Waals surface area (Å²) in [4.78, 5) is 65.7. The third-order valence-electron chi connectivity index (χ3n) is 15.1. The number of methoxy groups -OCH3 is 1. The summed E-state index contributed by atoms with van der Waals surface area (Å²) < 4.78 is 28.8. The standard InChI is InChI=1S/C43H58N4O12.C16H19NO3/c1-21-12-11-13-22(2)42(55)45-33-28(20-44-47-17-15-46(9)16-18-47)37(52)30-31(38(33)53)36(51)26(6)40-32(30)41(54)43(8,59-40)57-19-14-29(56-10)23(3)39(58-27(7)48)25(5)35(50)24(4)34(21)49;1-3-4-5-6-15(18)17-12-7-8-13-11(2)9-16(19)20-14(13)10-12/h11-14,19-21,23-25,29,34-35,39,49-53H,15-18H2,1-10H3,(H,45,55);7-10H,3-6H2,1-2H3,(H,17,18)/b12-11+,19-14+,22-13-,44-20+;/t21-,23+,24+,25+,29-,34-,35+,39+,43-;/m0./s1. The number of hydrogen-bond donors (Lipinski definition) is 7. The number of anilines is 2. The number of fused-ring (bicyclic) bond motifs is 15. The van der Waals surface area contributed by atoms with Crippen LogP contribution in [0.1, 0.15) is 108 Å². The molecule has 428 valence electrons. The van der Waals surface area contributed by atoms with E-state index in [-0.39, 0.29) is 56.0 Å². The number of hydrogen-bond acceptors (Lipinski definition) is 18. The Bertz CT molecular complexity index is 3100. The van der Waals surface area contributed by atoms with E-state index in [0.29, 0.717) is 30.8 Å². The second kappa shape index (κ2) is 26.1. The smallest absolute Gasteiger partial charge is 0.336 e. The molecule has 1 aromatic heterocycles. The first-order valence-electron chi connectivity index (χ1n) is 26.7. The van der Waals surface area contributed by atoms with Gasteiger partial charge < -0.3 is 64.4 Å². The molecule has 9 atom stereocenters. The van der Waals surface area contributed by atoms with Crippen molar-refractivity contribution in [3.05, 3.63) is 93.1 Å². The van der Waals surface area contributed by atoms with Crippen molar-refractivity contribution in [3.8, 4) is 23.0 Å². The Morgan fingerprint density at radius 1 is 0.911 bits per heavy atom. The molecular weight excluding hydrogens is 1020 g/mol. The molecule has 0 aliphatic carbocycles. The van der Waals surface area contributed by atoms with Gasteiger partial charge in [-0.15, -0.1) is 0 Å². The van der Waals surface area contributed by atoms with Crippen molar-refractivity contribution in [1.29, 1.82) is 0 Å². The highest BCUT2D eigenvalue weighted by atomic mass is 16.7. The Labute approximate surface area is 460 Å². The molecule has 3 aromatic carbocycles. The Morgan fingerprint density at radius 3 is 2.27 bits per heavy atom. The van der Waals surface area contributed by atoms with E-state index in [9.17, 15) is 49.5 Å². The van der Waals surface area contributed by atoms with Gasteiger partial charge in [0.15, 0.2) is 5.75 Å². The van der Waals surface area contributed by atoms with Gasteiger partial charge in [0, 0.05) is 117 Å². The number of unbranched alkanes of at least 4 members (excludes halogenated alkanes) is 2.